The molecule has 0 unspecified atom stereocenters. The fourth-order valence-electron chi connectivity index (χ4n) is 3.38. The quantitative estimate of drug-likeness (QED) is 0.455. The number of aryl methyl sites for hydroxylation is 4. The van der Waals surface area contributed by atoms with Gasteiger partial charge in [-0.25, -0.2) is 0 Å². The molecule has 4 heterocycles. The largest absolute Gasteiger partial charge is 0.454 e. The van der Waals surface area contributed by atoms with Crippen LogP contribution in [0.15, 0.2) is 41.2 Å². The van der Waals surface area contributed by atoms with Crippen LogP contribution in [0.4, 0.5) is 5.69 Å². The van der Waals surface area contributed by atoms with Crippen LogP contribution in [0, 0.1) is 13.8 Å². The molecule has 11 heteroatoms. The summed E-state index contributed by atoms with van der Waals surface area (Å²) in [5, 5.41) is 18.1. The highest BCUT2D eigenvalue weighted by Crippen LogP contribution is 2.18. The normalized spacial score (nSPS) is 11.0. The van der Waals surface area contributed by atoms with Gasteiger partial charge in [0.25, 0.3) is 11.8 Å². The van der Waals surface area contributed by atoms with Crippen molar-refractivity contribution >= 4 is 17.5 Å². The zero-order chi connectivity index (χ0) is 22.8. The first-order valence-corrected chi connectivity index (χ1v) is 9.99. The van der Waals surface area contributed by atoms with Crippen molar-refractivity contribution in [1.29, 1.82) is 0 Å². The van der Waals surface area contributed by atoms with Gasteiger partial charge < -0.3 is 15.1 Å². The summed E-state index contributed by atoms with van der Waals surface area (Å²) in [5.74, 6) is -0.109. The summed E-state index contributed by atoms with van der Waals surface area (Å²) in [6.07, 6.45) is 4.91. The van der Waals surface area contributed by atoms with Crippen molar-refractivity contribution < 1.29 is 14.0 Å². The Hall–Kier alpha value is -4.15. The van der Waals surface area contributed by atoms with E-state index in [1.54, 1.807) is 37.1 Å². The summed E-state index contributed by atoms with van der Waals surface area (Å²) < 4.78 is 10.6. The number of hydrogen-bond donors (Lipinski definition) is 2. The molecule has 0 aliphatic rings. The first-order valence-electron chi connectivity index (χ1n) is 9.99. The molecule has 0 radical (unpaired) electrons. The van der Waals surface area contributed by atoms with Crippen LogP contribution in [0.25, 0.3) is 0 Å². The van der Waals surface area contributed by atoms with Gasteiger partial charge in [0.05, 0.1) is 30.3 Å². The lowest BCUT2D eigenvalue weighted by Gasteiger charge is -2.08. The van der Waals surface area contributed by atoms with Crippen molar-refractivity contribution in [3.63, 3.8) is 0 Å². The Morgan fingerprint density at radius 3 is 2.59 bits per heavy atom. The second-order valence-corrected chi connectivity index (χ2v) is 7.54. The van der Waals surface area contributed by atoms with Gasteiger partial charge in [0, 0.05) is 38.1 Å². The number of nitrogens with one attached hydrogen (secondary N) is 2. The number of amides is 2. The van der Waals surface area contributed by atoms with E-state index in [4.69, 9.17) is 4.42 Å². The monoisotopic (exact) mass is 436 g/mol. The van der Waals surface area contributed by atoms with Gasteiger partial charge in [-0.15, -0.1) is 0 Å². The fourth-order valence-corrected chi connectivity index (χ4v) is 3.38. The Balaban J connectivity index is 1.43. The van der Waals surface area contributed by atoms with E-state index in [9.17, 15) is 9.59 Å². The summed E-state index contributed by atoms with van der Waals surface area (Å²) >= 11 is 0. The second-order valence-electron chi connectivity index (χ2n) is 7.54. The van der Waals surface area contributed by atoms with Crippen molar-refractivity contribution in [3.8, 4) is 0 Å². The van der Waals surface area contributed by atoms with E-state index in [1.807, 2.05) is 30.8 Å². The predicted molar refractivity (Wildman–Crippen MR) is 115 cm³/mol. The van der Waals surface area contributed by atoms with E-state index < -0.39 is 5.91 Å². The van der Waals surface area contributed by atoms with Gasteiger partial charge >= 0.3 is 0 Å². The van der Waals surface area contributed by atoms with Gasteiger partial charge in [-0.05, 0) is 32.0 Å². The smallest absolute Gasteiger partial charge is 0.291 e. The summed E-state index contributed by atoms with van der Waals surface area (Å²) in [6.45, 7) is 4.60. The molecule has 11 nitrogen and oxygen atoms in total. The Morgan fingerprint density at radius 1 is 1.09 bits per heavy atom. The van der Waals surface area contributed by atoms with Gasteiger partial charge in [0.15, 0.2) is 5.76 Å². The lowest BCUT2D eigenvalue weighted by molar-refractivity contribution is 0.0942. The highest BCUT2D eigenvalue weighted by atomic mass is 16.4. The van der Waals surface area contributed by atoms with Gasteiger partial charge in [0.1, 0.15) is 11.5 Å². The predicted octanol–water partition coefficient (Wildman–Crippen LogP) is 1.79. The lowest BCUT2D eigenvalue weighted by Crippen LogP contribution is -2.26. The van der Waals surface area contributed by atoms with Gasteiger partial charge in [-0.2, -0.15) is 15.3 Å². The number of carbonyl (C=O) groups excluding carboxylic acids is 2. The Labute approximate surface area is 184 Å². The standard InChI is InChI=1S/C21H24N8O3/c1-13-7-14(2)29(26-13)12-16-5-6-18(32-16)20(30)25-17-10-24-28(4)19(17)21(31)22-8-15-9-23-27(3)11-15/h5-7,9-11H,8,12H2,1-4H3,(H,22,31)(H,25,30). The molecule has 0 atom stereocenters. The molecule has 0 aliphatic heterocycles. The van der Waals surface area contributed by atoms with Crippen LogP contribution in [0.5, 0.6) is 0 Å². The summed E-state index contributed by atoms with van der Waals surface area (Å²) in [4.78, 5) is 25.4. The van der Waals surface area contributed by atoms with Crippen LogP contribution in [-0.2, 0) is 27.2 Å². The van der Waals surface area contributed by atoms with Gasteiger partial charge in [-0.3, -0.25) is 23.6 Å². The number of anilines is 1. The maximum Gasteiger partial charge on any atom is 0.291 e. The number of aromatic nitrogens is 6. The minimum absolute atomic E-state index is 0.132. The molecular formula is C21H24N8O3. The zero-order valence-electron chi connectivity index (χ0n) is 18.3. The highest BCUT2D eigenvalue weighted by Gasteiger charge is 2.21. The summed E-state index contributed by atoms with van der Waals surface area (Å²) in [7, 11) is 3.44. The maximum absolute atomic E-state index is 12.7. The second kappa shape index (κ2) is 8.53. The van der Waals surface area contributed by atoms with Crippen LogP contribution in [0.3, 0.4) is 0 Å². The van der Waals surface area contributed by atoms with Crippen molar-refractivity contribution in [2.45, 2.75) is 26.9 Å². The van der Waals surface area contributed by atoms with Crippen LogP contribution in [-0.4, -0.2) is 41.2 Å². The van der Waals surface area contributed by atoms with Crippen molar-refractivity contribution in [2.24, 2.45) is 14.1 Å². The molecule has 32 heavy (non-hydrogen) atoms. The van der Waals surface area contributed by atoms with Crippen LogP contribution in [0.2, 0.25) is 0 Å². The summed E-state index contributed by atoms with van der Waals surface area (Å²) in [6, 6.07) is 5.30. The average Bonchev–Trinajstić information content (AvgIpc) is 3.51. The SMILES string of the molecule is Cc1cc(C)n(Cc2ccc(C(=O)Nc3cnn(C)c3C(=O)NCc3cnn(C)c3)o2)n1. The van der Waals surface area contributed by atoms with E-state index in [0.29, 0.717) is 18.8 Å². The van der Waals surface area contributed by atoms with Crippen LogP contribution < -0.4 is 10.6 Å². The minimum atomic E-state index is -0.473. The third kappa shape index (κ3) is 4.46. The molecule has 0 aliphatic carbocycles. The van der Waals surface area contributed by atoms with Crippen LogP contribution >= 0.6 is 0 Å². The number of hydrogen-bond acceptors (Lipinski definition) is 6. The number of furan rings is 1. The fraction of sp³-hybridized carbons (Fsp3) is 0.286. The number of carbonyl (C=O) groups is 2. The molecule has 4 aromatic rings. The molecule has 2 N–H and O–H groups in total. The van der Waals surface area contributed by atoms with Gasteiger partial charge in [-0.1, -0.05) is 0 Å². The molecule has 0 saturated heterocycles. The molecule has 0 bridgehead atoms. The molecule has 2 amide bonds. The molecule has 0 fully saturated rings. The Kier molecular flexibility index (Phi) is 5.63. The molecular weight excluding hydrogens is 412 g/mol. The molecule has 166 valence electrons. The highest BCUT2D eigenvalue weighted by molar-refractivity contribution is 6.07. The van der Waals surface area contributed by atoms with E-state index in [1.165, 1.54) is 10.9 Å². The molecule has 4 aromatic heterocycles. The van der Waals surface area contributed by atoms with Crippen molar-refractivity contribution in [1.82, 2.24) is 34.7 Å². The third-order valence-electron chi connectivity index (χ3n) is 4.91. The Morgan fingerprint density at radius 2 is 1.91 bits per heavy atom. The lowest BCUT2D eigenvalue weighted by atomic mass is 10.3. The van der Waals surface area contributed by atoms with E-state index in [0.717, 1.165) is 17.0 Å². The van der Waals surface area contributed by atoms with Crippen molar-refractivity contribution in [2.75, 3.05) is 5.32 Å². The average molecular weight is 436 g/mol. The molecule has 4 rings (SSSR count). The summed E-state index contributed by atoms with van der Waals surface area (Å²) in [5.41, 5.74) is 3.30. The third-order valence-corrected chi connectivity index (χ3v) is 4.91. The van der Waals surface area contributed by atoms with Gasteiger partial charge in [0.2, 0.25) is 0 Å². The first-order chi connectivity index (χ1) is 15.3. The van der Waals surface area contributed by atoms with Crippen molar-refractivity contribution in [3.05, 3.63) is 71.0 Å². The topological polar surface area (TPSA) is 125 Å². The zero-order valence-corrected chi connectivity index (χ0v) is 18.3. The number of rotatable bonds is 7. The van der Waals surface area contributed by atoms with Crippen LogP contribution in [0.1, 0.15) is 43.8 Å². The maximum atomic E-state index is 12.7. The Bertz CT molecular complexity index is 1280. The molecule has 0 spiro atoms. The van der Waals surface area contributed by atoms with E-state index in [-0.39, 0.29) is 23.0 Å². The van der Waals surface area contributed by atoms with E-state index in [2.05, 4.69) is 25.9 Å². The first kappa shape index (κ1) is 21.1. The minimum Gasteiger partial charge on any atom is -0.454 e. The molecule has 0 aromatic carbocycles. The molecule has 0 saturated carbocycles. The number of nitrogens with zero attached hydrogens (tertiary/aromatic N) is 6. The van der Waals surface area contributed by atoms with E-state index >= 15 is 0 Å².